The fourth-order valence-corrected chi connectivity index (χ4v) is 5.40. The van der Waals surface area contributed by atoms with Crippen LogP contribution in [0.4, 0.5) is 11.9 Å². The fourth-order valence-electron chi connectivity index (χ4n) is 5.28. The third kappa shape index (κ3) is 3.69. The van der Waals surface area contributed by atoms with Crippen molar-refractivity contribution >= 4 is 35.3 Å². The molecule has 3 heterocycles. The van der Waals surface area contributed by atoms with Gasteiger partial charge in [0.05, 0.1) is 31.0 Å². The van der Waals surface area contributed by atoms with Gasteiger partial charge in [-0.2, -0.15) is 4.98 Å². The van der Waals surface area contributed by atoms with Crippen LogP contribution in [0, 0.1) is 11.8 Å². The zero-order valence-corrected chi connectivity index (χ0v) is 19.9. The minimum absolute atomic E-state index is 0.0529. The number of amides is 2. The maximum Gasteiger partial charge on any atom is 0.260 e. The normalized spacial score (nSPS) is 25.3. The van der Waals surface area contributed by atoms with Gasteiger partial charge < -0.3 is 10.1 Å². The summed E-state index contributed by atoms with van der Waals surface area (Å²) in [5.41, 5.74) is 2.09. The Hall–Kier alpha value is -3.65. The molecule has 1 N–H and O–H groups in total. The number of nitrogens with zero attached hydrogens (tertiary/aromatic N) is 4. The molecule has 1 aromatic heterocycles. The standard InChI is InChI=1S/C26H24ClN5O3/c1-35-18-12-8-15(9-13-18)21-14-22(16-6-10-17(27)11-7-16)32-25(28-21)29-26(30-32)31-23(33)19-4-2-3-5-20(19)24(31)34/h2-3,6-13,19-22H,4-5,14H2,1H3,(H,28,29,30)/t19-,20-,21-,22+/m0/s1. The number of rotatable bonds is 4. The van der Waals surface area contributed by atoms with Gasteiger partial charge in [0.2, 0.25) is 17.8 Å². The number of carbonyl (C=O) groups is 2. The quantitative estimate of drug-likeness (QED) is 0.427. The summed E-state index contributed by atoms with van der Waals surface area (Å²) in [6.45, 7) is 0. The van der Waals surface area contributed by atoms with Crippen LogP contribution in [0.25, 0.3) is 0 Å². The van der Waals surface area contributed by atoms with E-state index in [0.29, 0.717) is 30.2 Å². The van der Waals surface area contributed by atoms with E-state index in [1.54, 1.807) is 11.8 Å². The van der Waals surface area contributed by atoms with Crippen molar-refractivity contribution in [3.05, 3.63) is 76.8 Å². The number of hydrogen-bond acceptors (Lipinski definition) is 6. The van der Waals surface area contributed by atoms with Crippen molar-refractivity contribution in [1.29, 1.82) is 0 Å². The summed E-state index contributed by atoms with van der Waals surface area (Å²) in [6.07, 6.45) is 5.79. The summed E-state index contributed by atoms with van der Waals surface area (Å²) in [6, 6.07) is 15.3. The molecular formula is C26H24ClN5O3. The molecule has 0 bridgehead atoms. The molecule has 1 saturated heterocycles. The zero-order chi connectivity index (χ0) is 24.1. The van der Waals surface area contributed by atoms with Crippen LogP contribution in [0.15, 0.2) is 60.7 Å². The summed E-state index contributed by atoms with van der Waals surface area (Å²) in [5, 5.41) is 8.79. The Balaban J connectivity index is 1.39. The van der Waals surface area contributed by atoms with Crippen LogP contribution in [0.3, 0.4) is 0 Å². The van der Waals surface area contributed by atoms with E-state index >= 15 is 0 Å². The topological polar surface area (TPSA) is 89.4 Å². The number of benzene rings is 2. The Labute approximate surface area is 207 Å². The largest absolute Gasteiger partial charge is 0.497 e. The predicted molar refractivity (Wildman–Crippen MR) is 131 cm³/mol. The summed E-state index contributed by atoms with van der Waals surface area (Å²) in [7, 11) is 1.64. The maximum atomic E-state index is 13.1. The van der Waals surface area contributed by atoms with E-state index in [-0.39, 0.29) is 41.7 Å². The van der Waals surface area contributed by atoms with Crippen molar-refractivity contribution in [2.24, 2.45) is 11.8 Å². The van der Waals surface area contributed by atoms with Gasteiger partial charge in [0, 0.05) is 5.02 Å². The molecule has 3 aromatic rings. The lowest BCUT2D eigenvalue weighted by atomic mass is 9.85. The SMILES string of the molecule is COc1ccc([C@@H]2C[C@H](c3ccc(Cl)cc3)n3nc(N4C(=O)[C@H]5CC=CC[C@@H]5C4=O)nc3N2)cc1. The van der Waals surface area contributed by atoms with E-state index < -0.39 is 0 Å². The van der Waals surface area contributed by atoms with Gasteiger partial charge in [-0.1, -0.05) is 48.0 Å². The molecule has 3 aliphatic rings. The first-order valence-electron chi connectivity index (χ1n) is 11.7. The average molecular weight is 490 g/mol. The summed E-state index contributed by atoms with van der Waals surface area (Å²) < 4.78 is 7.08. The van der Waals surface area contributed by atoms with E-state index in [0.717, 1.165) is 16.9 Å². The van der Waals surface area contributed by atoms with Gasteiger partial charge in [-0.15, -0.1) is 5.10 Å². The van der Waals surface area contributed by atoms with E-state index in [1.807, 2.05) is 60.7 Å². The van der Waals surface area contributed by atoms with Crippen LogP contribution in [0.1, 0.15) is 42.5 Å². The number of allylic oxidation sites excluding steroid dienone is 2. The summed E-state index contributed by atoms with van der Waals surface area (Å²) in [5.74, 6) is 0.322. The number of hydrogen-bond donors (Lipinski definition) is 1. The number of carbonyl (C=O) groups excluding carboxylic acids is 2. The van der Waals surface area contributed by atoms with Gasteiger partial charge in [-0.3, -0.25) is 9.59 Å². The van der Waals surface area contributed by atoms with Crippen molar-refractivity contribution < 1.29 is 14.3 Å². The Kier molecular flexibility index (Phi) is 5.33. The lowest BCUT2D eigenvalue weighted by Crippen LogP contribution is -2.32. The molecule has 4 atom stereocenters. The van der Waals surface area contributed by atoms with Gasteiger partial charge in [-0.25, -0.2) is 9.58 Å². The molecular weight excluding hydrogens is 466 g/mol. The molecule has 178 valence electrons. The predicted octanol–water partition coefficient (Wildman–Crippen LogP) is 4.54. The van der Waals surface area contributed by atoms with Gasteiger partial charge in [0.1, 0.15) is 5.75 Å². The second kappa shape index (κ2) is 8.53. The molecule has 0 saturated carbocycles. The second-order valence-corrected chi connectivity index (χ2v) is 9.56. The Morgan fingerprint density at radius 3 is 2.20 bits per heavy atom. The minimum Gasteiger partial charge on any atom is -0.497 e. The first-order valence-corrected chi connectivity index (χ1v) is 12.1. The molecule has 6 rings (SSSR count). The second-order valence-electron chi connectivity index (χ2n) is 9.12. The molecule has 0 unspecified atom stereocenters. The van der Waals surface area contributed by atoms with Crippen LogP contribution in [0.5, 0.6) is 5.75 Å². The highest BCUT2D eigenvalue weighted by molar-refractivity contribution is 6.30. The molecule has 1 aliphatic carbocycles. The number of ether oxygens (including phenoxy) is 1. The van der Waals surface area contributed by atoms with E-state index in [1.165, 1.54) is 4.90 Å². The number of aromatic nitrogens is 3. The smallest absolute Gasteiger partial charge is 0.260 e. The molecule has 2 amide bonds. The molecule has 2 aromatic carbocycles. The molecule has 2 aliphatic heterocycles. The first-order chi connectivity index (χ1) is 17.0. The van der Waals surface area contributed by atoms with Crippen molar-refractivity contribution in [2.75, 3.05) is 17.3 Å². The summed E-state index contributed by atoms with van der Waals surface area (Å²) in [4.78, 5) is 32.1. The first kappa shape index (κ1) is 21.9. The molecule has 35 heavy (non-hydrogen) atoms. The van der Waals surface area contributed by atoms with Gasteiger partial charge >= 0.3 is 0 Å². The highest BCUT2D eigenvalue weighted by Crippen LogP contribution is 2.41. The highest BCUT2D eigenvalue weighted by atomic mass is 35.5. The Bertz CT molecular complexity index is 1290. The minimum atomic E-state index is -0.333. The van der Waals surface area contributed by atoms with Crippen molar-refractivity contribution in [1.82, 2.24) is 14.8 Å². The average Bonchev–Trinajstić information content (AvgIpc) is 3.42. The zero-order valence-electron chi connectivity index (χ0n) is 19.1. The van der Waals surface area contributed by atoms with Crippen molar-refractivity contribution in [3.8, 4) is 5.75 Å². The van der Waals surface area contributed by atoms with Crippen molar-refractivity contribution in [3.63, 3.8) is 0 Å². The molecule has 0 radical (unpaired) electrons. The van der Waals surface area contributed by atoms with Gasteiger partial charge in [0.25, 0.3) is 5.95 Å². The van der Waals surface area contributed by atoms with E-state index in [2.05, 4.69) is 15.4 Å². The monoisotopic (exact) mass is 489 g/mol. The number of halogens is 1. The lowest BCUT2D eigenvalue weighted by Gasteiger charge is -2.31. The molecule has 0 spiro atoms. The van der Waals surface area contributed by atoms with E-state index in [4.69, 9.17) is 16.3 Å². The van der Waals surface area contributed by atoms with Crippen LogP contribution in [-0.4, -0.2) is 33.7 Å². The van der Waals surface area contributed by atoms with Crippen molar-refractivity contribution in [2.45, 2.75) is 31.3 Å². The third-order valence-electron chi connectivity index (χ3n) is 7.16. The molecule has 1 fully saturated rings. The lowest BCUT2D eigenvalue weighted by molar-refractivity contribution is -0.122. The molecule has 9 heteroatoms. The fraction of sp³-hybridized carbons (Fsp3) is 0.308. The number of imide groups is 1. The van der Waals surface area contributed by atoms with Crippen LogP contribution < -0.4 is 15.0 Å². The summed E-state index contributed by atoms with van der Waals surface area (Å²) >= 11 is 6.14. The number of anilines is 2. The number of fused-ring (bicyclic) bond motifs is 2. The molecule has 8 nitrogen and oxygen atoms in total. The van der Waals surface area contributed by atoms with Crippen LogP contribution in [0.2, 0.25) is 5.02 Å². The van der Waals surface area contributed by atoms with Crippen LogP contribution in [-0.2, 0) is 9.59 Å². The number of nitrogens with one attached hydrogen (secondary N) is 1. The highest BCUT2D eigenvalue weighted by Gasteiger charge is 2.50. The van der Waals surface area contributed by atoms with E-state index in [9.17, 15) is 9.59 Å². The van der Waals surface area contributed by atoms with Crippen LogP contribution >= 0.6 is 11.6 Å². The Morgan fingerprint density at radius 1 is 0.943 bits per heavy atom. The third-order valence-corrected chi connectivity index (χ3v) is 7.41. The van der Waals surface area contributed by atoms with Gasteiger partial charge in [-0.05, 0) is 54.7 Å². The maximum absolute atomic E-state index is 13.1. The number of methoxy groups -OCH3 is 1. The van der Waals surface area contributed by atoms with Gasteiger partial charge in [0.15, 0.2) is 0 Å². The Morgan fingerprint density at radius 2 is 1.57 bits per heavy atom.